The lowest BCUT2D eigenvalue weighted by molar-refractivity contribution is 0.102. The molecule has 0 bridgehead atoms. The molecule has 0 spiro atoms. The number of anilines is 1. The van der Waals surface area contributed by atoms with Crippen LogP contribution in [0.5, 0.6) is 5.75 Å². The van der Waals surface area contributed by atoms with Crippen molar-refractivity contribution in [3.8, 4) is 5.75 Å². The van der Waals surface area contributed by atoms with Gasteiger partial charge >= 0.3 is 5.63 Å². The minimum atomic E-state index is -0.658. The van der Waals surface area contributed by atoms with Gasteiger partial charge in [-0.1, -0.05) is 34.8 Å². The van der Waals surface area contributed by atoms with Crippen molar-refractivity contribution >= 4 is 57.4 Å². The van der Waals surface area contributed by atoms with Gasteiger partial charge in [0.25, 0.3) is 5.91 Å². The van der Waals surface area contributed by atoms with Gasteiger partial charge in [-0.3, -0.25) is 4.79 Å². The molecule has 0 fully saturated rings. The van der Waals surface area contributed by atoms with Crippen LogP contribution in [0.4, 0.5) is 5.69 Å². The first-order valence-corrected chi connectivity index (χ1v) is 9.08. The number of benzene rings is 2. The zero-order valence-corrected chi connectivity index (χ0v) is 16.6. The molecule has 0 aliphatic carbocycles. The molecule has 0 atom stereocenters. The Bertz CT molecular complexity index is 1090. The average molecular weight is 427 g/mol. The lowest BCUT2D eigenvalue weighted by Gasteiger charge is -2.12. The summed E-state index contributed by atoms with van der Waals surface area (Å²) < 4.78 is 10.8. The smallest absolute Gasteiger partial charge is 0.337 e. The van der Waals surface area contributed by atoms with Crippen LogP contribution < -0.4 is 15.7 Å². The number of hydrogen-bond acceptors (Lipinski definition) is 4. The molecule has 0 radical (unpaired) electrons. The van der Waals surface area contributed by atoms with Crippen LogP contribution in [0, 0.1) is 0 Å². The second-order valence-corrected chi connectivity index (χ2v) is 7.23. The third kappa shape index (κ3) is 4.38. The Morgan fingerprint density at radius 1 is 1.04 bits per heavy atom. The van der Waals surface area contributed by atoms with Gasteiger partial charge in [0.1, 0.15) is 11.3 Å². The highest BCUT2D eigenvalue weighted by atomic mass is 35.5. The number of hydrogen-bond donors (Lipinski definition) is 1. The Kier molecular flexibility index (Phi) is 5.65. The second-order valence-electron chi connectivity index (χ2n) is 6.00. The van der Waals surface area contributed by atoms with Crippen molar-refractivity contribution in [1.29, 1.82) is 0 Å². The molecule has 140 valence electrons. The van der Waals surface area contributed by atoms with Gasteiger partial charge in [0.15, 0.2) is 0 Å². The van der Waals surface area contributed by atoms with E-state index in [-0.39, 0.29) is 38.0 Å². The average Bonchev–Trinajstić information content (AvgIpc) is 2.58. The van der Waals surface area contributed by atoms with E-state index in [2.05, 4.69) is 5.32 Å². The molecule has 1 heterocycles. The topological polar surface area (TPSA) is 68.5 Å². The van der Waals surface area contributed by atoms with E-state index in [1.54, 1.807) is 18.2 Å². The van der Waals surface area contributed by atoms with Crippen molar-refractivity contribution < 1.29 is 13.9 Å². The van der Waals surface area contributed by atoms with Gasteiger partial charge in [0.2, 0.25) is 0 Å². The van der Waals surface area contributed by atoms with E-state index in [0.29, 0.717) is 11.1 Å². The molecular weight excluding hydrogens is 413 g/mol. The monoisotopic (exact) mass is 425 g/mol. The molecule has 0 aliphatic rings. The number of fused-ring (bicyclic) bond motifs is 1. The first-order valence-electron chi connectivity index (χ1n) is 7.95. The Labute approximate surface area is 169 Å². The fraction of sp³-hybridized carbons (Fsp3) is 0.158. The molecule has 0 unspecified atom stereocenters. The predicted octanol–water partition coefficient (Wildman–Crippen LogP) is 5.79. The molecule has 1 N–H and O–H groups in total. The quantitative estimate of drug-likeness (QED) is 0.423. The van der Waals surface area contributed by atoms with Crippen LogP contribution in [0.2, 0.25) is 15.1 Å². The van der Waals surface area contributed by atoms with E-state index >= 15 is 0 Å². The predicted molar refractivity (Wildman–Crippen MR) is 108 cm³/mol. The van der Waals surface area contributed by atoms with Gasteiger partial charge < -0.3 is 14.5 Å². The van der Waals surface area contributed by atoms with Gasteiger partial charge in [-0.2, -0.15) is 0 Å². The molecule has 27 heavy (non-hydrogen) atoms. The summed E-state index contributed by atoms with van der Waals surface area (Å²) in [4.78, 5) is 24.6. The molecule has 3 aromatic rings. The highest BCUT2D eigenvalue weighted by Gasteiger charge is 2.16. The number of carbonyl (C=O) groups is 1. The molecule has 1 amide bonds. The van der Waals surface area contributed by atoms with Crippen LogP contribution >= 0.6 is 34.8 Å². The number of carbonyl (C=O) groups excluding carboxylic acids is 1. The van der Waals surface area contributed by atoms with E-state index in [1.807, 2.05) is 13.8 Å². The minimum absolute atomic E-state index is 0.0440. The largest absolute Gasteiger partial charge is 0.491 e. The molecule has 2 aromatic carbocycles. The zero-order valence-electron chi connectivity index (χ0n) is 14.3. The van der Waals surface area contributed by atoms with Crippen LogP contribution in [-0.2, 0) is 0 Å². The third-order valence-electron chi connectivity index (χ3n) is 3.59. The highest BCUT2D eigenvalue weighted by molar-refractivity contribution is 6.44. The van der Waals surface area contributed by atoms with Crippen molar-refractivity contribution in [3.63, 3.8) is 0 Å². The van der Waals surface area contributed by atoms with Gasteiger partial charge in [-0.25, -0.2) is 4.79 Å². The SMILES string of the molecule is CC(C)Oc1ccc2c(C(=O)Nc3cc(Cl)c(Cl)cc3Cl)cc(=O)oc2c1. The number of halogens is 3. The normalized spacial score (nSPS) is 11.0. The van der Waals surface area contributed by atoms with Gasteiger partial charge in [0.05, 0.1) is 32.4 Å². The van der Waals surface area contributed by atoms with Gasteiger partial charge in [0, 0.05) is 17.5 Å². The molecule has 0 aliphatic heterocycles. The Morgan fingerprint density at radius 2 is 1.74 bits per heavy atom. The first kappa shape index (κ1) is 19.5. The minimum Gasteiger partial charge on any atom is -0.491 e. The Balaban J connectivity index is 2.02. The maximum absolute atomic E-state index is 12.7. The van der Waals surface area contributed by atoms with E-state index in [4.69, 9.17) is 44.0 Å². The van der Waals surface area contributed by atoms with Crippen molar-refractivity contribution in [2.24, 2.45) is 0 Å². The third-order valence-corrected chi connectivity index (χ3v) is 4.63. The summed E-state index contributed by atoms with van der Waals surface area (Å²) in [6.07, 6.45) is -0.0440. The number of ether oxygens (including phenoxy) is 1. The van der Waals surface area contributed by atoms with Crippen LogP contribution in [0.1, 0.15) is 24.2 Å². The zero-order chi connectivity index (χ0) is 19.7. The summed E-state index contributed by atoms with van der Waals surface area (Å²) in [5, 5.41) is 3.82. The van der Waals surface area contributed by atoms with Crippen LogP contribution in [-0.4, -0.2) is 12.0 Å². The molecule has 5 nitrogen and oxygen atoms in total. The van der Waals surface area contributed by atoms with E-state index in [0.717, 1.165) is 6.07 Å². The first-order chi connectivity index (χ1) is 12.7. The lowest BCUT2D eigenvalue weighted by Crippen LogP contribution is -2.15. The summed E-state index contributed by atoms with van der Waals surface area (Å²) in [7, 11) is 0. The summed E-state index contributed by atoms with van der Waals surface area (Å²) in [5.74, 6) is -0.00328. The molecule has 0 saturated carbocycles. The van der Waals surface area contributed by atoms with E-state index in [9.17, 15) is 9.59 Å². The van der Waals surface area contributed by atoms with Crippen molar-refractivity contribution in [3.05, 3.63) is 67.4 Å². The molecule has 1 aromatic heterocycles. The van der Waals surface area contributed by atoms with Crippen LogP contribution in [0.25, 0.3) is 11.0 Å². The molecular formula is C19H14Cl3NO4. The standard InChI is InChI=1S/C19H14Cl3NO4/c1-9(2)26-10-3-4-11-12(6-18(24)27-17(11)5-10)19(25)23-16-8-14(21)13(20)7-15(16)22/h3-9H,1-2H3,(H,23,25). The van der Waals surface area contributed by atoms with Crippen molar-refractivity contribution in [2.45, 2.75) is 20.0 Å². The summed E-state index contributed by atoms with van der Waals surface area (Å²) in [5.41, 5.74) is -0.00248. The van der Waals surface area contributed by atoms with E-state index < -0.39 is 11.5 Å². The molecule has 8 heteroatoms. The summed E-state index contributed by atoms with van der Waals surface area (Å²) in [6, 6.07) is 8.90. The summed E-state index contributed by atoms with van der Waals surface area (Å²) >= 11 is 18.0. The summed E-state index contributed by atoms with van der Waals surface area (Å²) in [6.45, 7) is 3.76. The van der Waals surface area contributed by atoms with Gasteiger partial charge in [-0.15, -0.1) is 0 Å². The fourth-order valence-corrected chi connectivity index (χ4v) is 3.08. The van der Waals surface area contributed by atoms with Crippen molar-refractivity contribution in [2.75, 3.05) is 5.32 Å². The molecule has 0 saturated heterocycles. The molecule has 3 rings (SSSR count). The number of amides is 1. The number of nitrogens with one attached hydrogen (secondary N) is 1. The van der Waals surface area contributed by atoms with Gasteiger partial charge in [-0.05, 0) is 38.1 Å². The van der Waals surface area contributed by atoms with E-state index in [1.165, 1.54) is 12.1 Å². The van der Waals surface area contributed by atoms with Crippen LogP contribution in [0.15, 0.2) is 45.6 Å². The van der Waals surface area contributed by atoms with Crippen LogP contribution in [0.3, 0.4) is 0 Å². The van der Waals surface area contributed by atoms with Crippen molar-refractivity contribution in [1.82, 2.24) is 0 Å². The maximum atomic E-state index is 12.7. The number of rotatable bonds is 4. The Hall–Kier alpha value is -2.21. The highest BCUT2D eigenvalue weighted by Crippen LogP contribution is 2.33. The lowest BCUT2D eigenvalue weighted by atomic mass is 10.1. The second kappa shape index (κ2) is 7.80. The maximum Gasteiger partial charge on any atom is 0.337 e. The fourth-order valence-electron chi connectivity index (χ4n) is 2.48. The Morgan fingerprint density at radius 3 is 2.44 bits per heavy atom.